The van der Waals surface area contributed by atoms with Crippen molar-refractivity contribution >= 4 is 29.0 Å². The van der Waals surface area contributed by atoms with E-state index in [1.807, 2.05) is 12.1 Å². The van der Waals surface area contributed by atoms with Crippen molar-refractivity contribution in [3.05, 3.63) is 24.3 Å². The quantitative estimate of drug-likeness (QED) is 0.716. The highest BCUT2D eigenvalue weighted by atomic mass is 16.5. The highest BCUT2D eigenvalue weighted by Gasteiger charge is 2.08. The lowest BCUT2D eigenvalue weighted by atomic mass is 10.3. The van der Waals surface area contributed by atoms with Crippen LogP contribution in [0.25, 0.3) is 0 Å². The van der Waals surface area contributed by atoms with Gasteiger partial charge in [-0.25, -0.2) is 0 Å². The average molecular weight is 259 g/mol. The molecule has 0 aliphatic rings. The molecule has 0 bridgehead atoms. The Morgan fingerprint density at radius 1 is 1.00 bits per heavy atom. The molecule has 6 N–H and O–H groups in total. The van der Waals surface area contributed by atoms with Crippen LogP contribution >= 0.6 is 0 Å². The number of azo groups is 1. The molecule has 8 nitrogen and oxygen atoms in total. The van der Waals surface area contributed by atoms with E-state index in [9.17, 15) is 0 Å². The van der Waals surface area contributed by atoms with Crippen LogP contribution in [0.15, 0.2) is 34.5 Å². The third-order valence-electron chi connectivity index (χ3n) is 2.30. The molecule has 19 heavy (non-hydrogen) atoms. The molecular weight excluding hydrogens is 246 g/mol. The molecule has 2 rings (SSSR count). The minimum Gasteiger partial charge on any atom is -0.494 e. The van der Waals surface area contributed by atoms with Crippen molar-refractivity contribution in [3.8, 4) is 5.75 Å². The van der Waals surface area contributed by atoms with Gasteiger partial charge in [0.1, 0.15) is 11.4 Å². The third-order valence-corrected chi connectivity index (χ3v) is 2.30. The normalized spacial score (nSPS) is 10.8. The number of rotatable bonds is 3. The lowest BCUT2D eigenvalue weighted by molar-refractivity contribution is 0.416. The van der Waals surface area contributed by atoms with Crippen LogP contribution in [-0.2, 0) is 0 Å². The number of anilines is 3. The largest absolute Gasteiger partial charge is 0.494 e. The van der Waals surface area contributed by atoms with Gasteiger partial charge in [-0.3, -0.25) is 0 Å². The monoisotopic (exact) mass is 259 g/mol. The molecule has 0 unspecified atom stereocenters. The Hall–Kier alpha value is -2.90. The molecule has 1 aromatic heterocycles. The predicted octanol–water partition coefficient (Wildman–Crippen LogP) is 1.65. The van der Waals surface area contributed by atoms with E-state index in [-0.39, 0.29) is 23.3 Å². The molecule has 2 aromatic rings. The zero-order valence-electron chi connectivity index (χ0n) is 10.2. The fourth-order valence-electron chi connectivity index (χ4n) is 1.43. The molecule has 0 saturated carbocycles. The van der Waals surface area contributed by atoms with Gasteiger partial charge in [0.2, 0.25) is 5.95 Å². The van der Waals surface area contributed by atoms with E-state index in [1.165, 1.54) is 0 Å². The molecule has 0 aliphatic carbocycles. The minimum atomic E-state index is -0.00811. The molecule has 8 heteroatoms. The molecule has 98 valence electrons. The molecule has 0 saturated heterocycles. The summed E-state index contributed by atoms with van der Waals surface area (Å²) < 4.78 is 5.15. The minimum absolute atomic E-state index is 0.00811. The summed E-state index contributed by atoms with van der Waals surface area (Å²) in [5.41, 5.74) is 17.5. The second-order valence-corrected chi connectivity index (χ2v) is 3.57. The van der Waals surface area contributed by atoms with Crippen molar-refractivity contribution < 1.29 is 4.74 Å². The Bertz CT molecular complexity index is 603. The summed E-state index contributed by atoms with van der Waals surface area (Å²) >= 11 is 0. The van der Waals surface area contributed by atoms with Crippen LogP contribution in [-0.4, -0.2) is 17.1 Å². The highest BCUT2D eigenvalue weighted by molar-refractivity contribution is 5.71. The second kappa shape index (κ2) is 5.17. The second-order valence-electron chi connectivity index (χ2n) is 3.57. The van der Waals surface area contributed by atoms with Crippen LogP contribution in [0.2, 0.25) is 0 Å². The standard InChI is InChI=1S/C11H13N7O/c1-19-7-5-3-2-4-6(7)17-18-8-9(12)15-11(14)16-10(8)13/h2-5H,1H3,(H6,12,13,14,15,16). The summed E-state index contributed by atoms with van der Waals surface area (Å²) in [6.07, 6.45) is 0. The number of aromatic nitrogens is 2. The highest BCUT2D eigenvalue weighted by Crippen LogP contribution is 2.32. The Balaban J connectivity index is 2.38. The van der Waals surface area contributed by atoms with E-state index >= 15 is 0 Å². The fraction of sp³-hybridized carbons (Fsp3) is 0.0909. The van der Waals surface area contributed by atoms with Gasteiger partial charge in [0.05, 0.1) is 7.11 Å². The molecule has 0 spiro atoms. The molecule has 0 amide bonds. The SMILES string of the molecule is COc1ccccc1N=Nc1c(N)nc(N)nc1N. The van der Waals surface area contributed by atoms with Gasteiger partial charge in [-0.15, -0.1) is 10.2 Å². The van der Waals surface area contributed by atoms with Gasteiger partial charge in [-0.05, 0) is 12.1 Å². The summed E-state index contributed by atoms with van der Waals surface area (Å²) in [5, 5.41) is 7.96. The maximum absolute atomic E-state index is 5.66. The van der Waals surface area contributed by atoms with Crippen LogP contribution in [0.5, 0.6) is 5.75 Å². The lowest BCUT2D eigenvalue weighted by Crippen LogP contribution is -2.03. The van der Waals surface area contributed by atoms with E-state index < -0.39 is 0 Å². The van der Waals surface area contributed by atoms with Crippen molar-refractivity contribution in [1.29, 1.82) is 0 Å². The van der Waals surface area contributed by atoms with Crippen molar-refractivity contribution in [1.82, 2.24) is 9.97 Å². The van der Waals surface area contributed by atoms with E-state index in [0.29, 0.717) is 11.4 Å². The molecule has 0 aliphatic heterocycles. The number of hydrogen-bond donors (Lipinski definition) is 3. The van der Waals surface area contributed by atoms with Gasteiger partial charge in [-0.2, -0.15) is 9.97 Å². The molecule has 0 fully saturated rings. The molecule has 0 radical (unpaired) electrons. The smallest absolute Gasteiger partial charge is 0.224 e. The van der Waals surface area contributed by atoms with Crippen molar-refractivity contribution in [2.24, 2.45) is 10.2 Å². The summed E-state index contributed by atoms with van der Waals surface area (Å²) in [6, 6.07) is 7.14. The summed E-state index contributed by atoms with van der Waals surface area (Å²) in [6.45, 7) is 0. The van der Waals surface area contributed by atoms with Crippen LogP contribution < -0.4 is 21.9 Å². The number of nitrogens with zero attached hydrogens (tertiary/aromatic N) is 4. The van der Waals surface area contributed by atoms with Gasteiger partial charge < -0.3 is 21.9 Å². The van der Waals surface area contributed by atoms with Crippen LogP contribution in [0.1, 0.15) is 0 Å². The summed E-state index contributed by atoms with van der Waals surface area (Å²) in [5.74, 6) is 0.721. The van der Waals surface area contributed by atoms with Gasteiger partial charge in [-0.1, -0.05) is 12.1 Å². The summed E-state index contributed by atoms with van der Waals surface area (Å²) in [4.78, 5) is 7.54. The molecule has 0 atom stereocenters. The number of nitrogen functional groups attached to an aromatic ring is 3. The van der Waals surface area contributed by atoms with E-state index in [1.54, 1.807) is 19.2 Å². The predicted molar refractivity (Wildman–Crippen MR) is 72.4 cm³/mol. The molecule has 1 aromatic carbocycles. The maximum Gasteiger partial charge on any atom is 0.224 e. The number of methoxy groups -OCH3 is 1. The number of nitrogens with two attached hydrogens (primary N) is 3. The summed E-state index contributed by atoms with van der Waals surface area (Å²) in [7, 11) is 1.55. The first kappa shape index (κ1) is 12.6. The third kappa shape index (κ3) is 2.68. The van der Waals surface area contributed by atoms with Gasteiger partial charge >= 0.3 is 0 Å². The van der Waals surface area contributed by atoms with Crippen LogP contribution in [0.4, 0.5) is 29.0 Å². The Labute approximate surface area is 109 Å². The van der Waals surface area contributed by atoms with Crippen LogP contribution in [0, 0.1) is 0 Å². The zero-order valence-corrected chi connectivity index (χ0v) is 10.2. The van der Waals surface area contributed by atoms with Gasteiger partial charge in [0.25, 0.3) is 0 Å². The first-order chi connectivity index (χ1) is 9.11. The zero-order chi connectivity index (χ0) is 13.8. The number of hydrogen-bond acceptors (Lipinski definition) is 8. The molecular formula is C11H13N7O. The van der Waals surface area contributed by atoms with Gasteiger partial charge in [0.15, 0.2) is 17.3 Å². The number of benzene rings is 1. The average Bonchev–Trinajstić information content (AvgIpc) is 2.38. The number of ether oxygens (including phenoxy) is 1. The first-order valence-corrected chi connectivity index (χ1v) is 5.35. The first-order valence-electron chi connectivity index (χ1n) is 5.35. The Morgan fingerprint density at radius 2 is 1.63 bits per heavy atom. The van der Waals surface area contributed by atoms with Crippen molar-refractivity contribution in [2.75, 3.05) is 24.3 Å². The molecule has 1 heterocycles. The Morgan fingerprint density at radius 3 is 2.26 bits per heavy atom. The topological polar surface area (TPSA) is 138 Å². The van der Waals surface area contributed by atoms with E-state index in [0.717, 1.165) is 0 Å². The van der Waals surface area contributed by atoms with E-state index in [4.69, 9.17) is 21.9 Å². The van der Waals surface area contributed by atoms with Crippen molar-refractivity contribution in [2.45, 2.75) is 0 Å². The lowest BCUT2D eigenvalue weighted by Gasteiger charge is -2.04. The Kier molecular flexibility index (Phi) is 3.42. The van der Waals surface area contributed by atoms with E-state index in [2.05, 4.69) is 20.2 Å². The van der Waals surface area contributed by atoms with Gasteiger partial charge in [0, 0.05) is 0 Å². The fourth-order valence-corrected chi connectivity index (χ4v) is 1.43. The number of para-hydroxylation sites is 1. The maximum atomic E-state index is 5.66. The van der Waals surface area contributed by atoms with Crippen LogP contribution in [0.3, 0.4) is 0 Å². The van der Waals surface area contributed by atoms with Crippen molar-refractivity contribution in [3.63, 3.8) is 0 Å².